The summed E-state index contributed by atoms with van der Waals surface area (Å²) in [4.78, 5) is 2.29. The second-order valence-electron chi connectivity index (χ2n) is 12.6. The Morgan fingerprint density at radius 3 is 2.40 bits per heavy atom. The zero-order chi connectivity index (χ0) is 30.1. The van der Waals surface area contributed by atoms with Crippen LogP contribution in [0.15, 0.2) is 22.8 Å². The van der Waals surface area contributed by atoms with Gasteiger partial charge in [0.2, 0.25) is 5.04 Å². The first-order valence-electron chi connectivity index (χ1n) is 15.6. The molecule has 8 nitrogen and oxygen atoms in total. The Morgan fingerprint density at radius 1 is 0.977 bits per heavy atom. The minimum Gasteiger partial charge on any atom is -0.748 e. The molecule has 0 spiro atoms. The van der Waals surface area contributed by atoms with Crippen molar-refractivity contribution in [1.82, 2.24) is 4.90 Å². The van der Waals surface area contributed by atoms with Crippen LogP contribution < -0.4 is 29.6 Å². The maximum atomic E-state index is 11.4. The van der Waals surface area contributed by atoms with Crippen molar-refractivity contribution in [3.63, 3.8) is 0 Å². The van der Waals surface area contributed by atoms with Crippen LogP contribution in [0.1, 0.15) is 84.0 Å². The summed E-state index contributed by atoms with van der Waals surface area (Å²) in [6.07, 6.45) is 16.3. The predicted octanol–water partition coefficient (Wildman–Crippen LogP) is 2.11. The second kappa shape index (κ2) is 15.8. The second-order valence-corrected chi connectivity index (χ2v) is 18.8. The molecule has 0 amide bonds. The third-order valence-electron chi connectivity index (χ3n) is 9.78. The number of rotatable bonds is 11. The quantitative estimate of drug-likeness (QED) is 0.138. The molecule has 4 fully saturated rings. The zero-order valence-corrected chi connectivity index (χ0v) is 31.4. The Labute approximate surface area is 294 Å². The van der Waals surface area contributed by atoms with E-state index in [0.717, 1.165) is 36.6 Å². The number of halogens is 1. The standard InChI is InChI=1S/C29H45ClN2O6S4.Na/c1-2-20(17-27-31(13-5-15-41(33,34)35)24-19-22(30)10-12-25(24)39-27)18-28-32(14-6-16-42(36,37)38)29-23-8-4-3-7-21(23)9-11-26(29)40-28;/h17-18,21-26,29H,2-16,19H2,1H3,(H-,33,34,35,36,37,38);/q;+1/p-1. The van der Waals surface area contributed by atoms with E-state index in [9.17, 15) is 25.9 Å². The van der Waals surface area contributed by atoms with Gasteiger partial charge in [0.15, 0.2) is 6.04 Å². The molecule has 2 aliphatic heterocycles. The largest absolute Gasteiger partial charge is 1.00 e. The van der Waals surface area contributed by atoms with Crippen LogP contribution in [-0.4, -0.2) is 93.0 Å². The van der Waals surface area contributed by atoms with E-state index in [4.69, 9.17) is 11.6 Å². The van der Waals surface area contributed by atoms with Crippen molar-refractivity contribution in [3.05, 3.63) is 22.8 Å². The first kappa shape index (κ1) is 36.6. The molecule has 14 heteroatoms. The van der Waals surface area contributed by atoms with Crippen LogP contribution in [0, 0.1) is 11.8 Å². The molecule has 0 N–H and O–H groups in total. The van der Waals surface area contributed by atoms with Crippen molar-refractivity contribution in [2.24, 2.45) is 11.8 Å². The molecule has 0 radical (unpaired) electrons. The molecule has 238 valence electrons. The number of hydrogen-bond donors (Lipinski definition) is 0. The van der Waals surface area contributed by atoms with Crippen LogP contribution in [0.3, 0.4) is 0 Å². The monoisotopic (exact) mass is 702 g/mol. The topological polar surface area (TPSA) is 121 Å². The van der Waals surface area contributed by atoms with Crippen LogP contribution in [-0.2, 0) is 20.2 Å². The molecular weight excluding hydrogens is 659 g/mol. The number of nitrogens with zero attached hydrogens (tertiary/aromatic N) is 2. The molecular formula is C29H44ClN2NaO6S4. The summed E-state index contributed by atoms with van der Waals surface area (Å²) >= 11 is 10.3. The molecule has 7 atom stereocenters. The van der Waals surface area contributed by atoms with Gasteiger partial charge in [-0.2, -0.15) is 0 Å². The Bertz CT molecular complexity index is 1310. The van der Waals surface area contributed by atoms with Gasteiger partial charge in [-0.1, -0.05) is 19.8 Å². The molecule has 3 saturated carbocycles. The molecule has 1 saturated heterocycles. The summed E-state index contributed by atoms with van der Waals surface area (Å²) in [5.74, 6) is 0.648. The predicted molar refractivity (Wildman–Crippen MR) is 170 cm³/mol. The smallest absolute Gasteiger partial charge is 0.748 e. The number of fused-ring (bicyclic) bond motifs is 4. The Hall–Kier alpha value is 0.760. The van der Waals surface area contributed by atoms with Crippen LogP contribution in [0.25, 0.3) is 0 Å². The van der Waals surface area contributed by atoms with Crippen LogP contribution >= 0.6 is 35.1 Å². The van der Waals surface area contributed by atoms with Crippen LogP contribution in [0.2, 0.25) is 0 Å². The number of hydrogen-bond acceptors (Lipinski definition) is 9. The van der Waals surface area contributed by atoms with Gasteiger partial charge in [-0.3, -0.25) is 0 Å². The van der Waals surface area contributed by atoms with E-state index in [-0.39, 0.29) is 52.5 Å². The van der Waals surface area contributed by atoms with E-state index in [2.05, 4.69) is 28.6 Å². The average molecular weight is 703 g/mol. The van der Waals surface area contributed by atoms with E-state index in [0.29, 0.717) is 48.4 Å². The van der Waals surface area contributed by atoms with Crippen molar-refractivity contribution in [1.29, 1.82) is 0 Å². The molecule has 0 bridgehead atoms. The van der Waals surface area contributed by atoms with Gasteiger partial charge in [-0.25, -0.2) is 21.4 Å². The van der Waals surface area contributed by atoms with Gasteiger partial charge in [0.25, 0.3) is 0 Å². The molecule has 0 aromatic rings. The number of allylic oxidation sites excluding steroid dienone is 2. The maximum absolute atomic E-state index is 11.4. The molecule has 5 aliphatic rings. The van der Waals surface area contributed by atoms with Crippen molar-refractivity contribution in [3.8, 4) is 0 Å². The van der Waals surface area contributed by atoms with Gasteiger partial charge in [0.05, 0.1) is 30.5 Å². The maximum Gasteiger partial charge on any atom is 1.00 e. The molecule has 5 rings (SSSR count). The first-order chi connectivity index (χ1) is 19.9. The molecule has 0 aromatic carbocycles. The average Bonchev–Trinajstić information content (AvgIpc) is 3.44. The SMILES string of the molecule is CCC(=CC1=[N+](CCCS(=O)(=O)[O-])C2C(CCC3CCCCC32)S1)C=C1SC2CCC(Cl)CC2N1CCCS(=O)(=O)[O-].[Na+]. The minimum absolute atomic E-state index is 0. The number of alkyl halides is 1. The Morgan fingerprint density at radius 2 is 1.67 bits per heavy atom. The summed E-state index contributed by atoms with van der Waals surface area (Å²) in [7, 11) is -8.53. The normalized spacial score (nSPS) is 34.1. The van der Waals surface area contributed by atoms with E-state index in [1.807, 2.05) is 23.5 Å². The summed E-state index contributed by atoms with van der Waals surface area (Å²) < 4.78 is 70.7. The van der Waals surface area contributed by atoms with Crippen molar-refractivity contribution in [2.45, 2.75) is 112 Å². The Balaban J connectivity index is 0.00000423. The molecule has 7 unspecified atom stereocenters. The zero-order valence-electron chi connectivity index (χ0n) is 25.4. The van der Waals surface area contributed by atoms with E-state index in [1.165, 1.54) is 49.1 Å². The molecule has 0 aromatic heterocycles. The fraction of sp³-hybridized carbons (Fsp3) is 0.828. The van der Waals surface area contributed by atoms with Gasteiger partial charge in [-0.15, -0.1) is 23.4 Å². The fourth-order valence-corrected chi connectivity index (χ4v) is 12.3. The first-order valence-corrected chi connectivity index (χ1v) is 20.9. The summed E-state index contributed by atoms with van der Waals surface area (Å²) in [6.45, 7) is 3.22. The summed E-state index contributed by atoms with van der Waals surface area (Å²) in [6, 6.07) is 0.616. The van der Waals surface area contributed by atoms with Gasteiger partial charge in [0.1, 0.15) is 6.54 Å². The van der Waals surface area contributed by atoms with E-state index >= 15 is 0 Å². The molecule has 2 heterocycles. The van der Waals surface area contributed by atoms with E-state index < -0.39 is 20.2 Å². The van der Waals surface area contributed by atoms with Gasteiger partial charge in [0, 0.05) is 53.1 Å². The molecule has 3 aliphatic carbocycles. The van der Waals surface area contributed by atoms with Crippen molar-refractivity contribution in [2.75, 3.05) is 24.6 Å². The van der Waals surface area contributed by atoms with Crippen LogP contribution in [0.5, 0.6) is 0 Å². The number of thioether (sulfide) groups is 2. The van der Waals surface area contributed by atoms with Gasteiger partial charge >= 0.3 is 29.6 Å². The van der Waals surface area contributed by atoms with Crippen molar-refractivity contribution >= 4 is 60.4 Å². The van der Waals surface area contributed by atoms with Gasteiger partial charge in [-0.05, 0) is 87.1 Å². The van der Waals surface area contributed by atoms with E-state index in [1.54, 1.807) is 0 Å². The Kier molecular flexibility index (Phi) is 13.4. The van der Waals surface area contributed by atoms with Gasteiger partial charge < -0.3 is 14.0 Å². The summed E-state index contributed by atoms with van der Waals surface area (Å²) in [5.41, 5.74) is 1.17. The molecule has 43 heavy (non-hydrogen) atoms. The third kappa shape index (κ3) is 9.66. The fourth-order valence-electron chi connectivity index (χ4n) is 7.88. The summed E-state index contributed by atoms with van der Waals surface area (Å²) in [5, 5.41) is 3.28. The third-order valence-corrected chi connectivity index (χ3v) is 14.6. The van der Waals surface area contributed by atoms with Crippen LogP contribution in [0.4, 0.5) is 0 Å². The minimum atomic E-state index is -4.27. The van der Waals surface area contributed by atoms with Crippen molar-refractivity contribution < 1.29 is 60.1 Å².